The molecule has 0 N–H and O–H groups in total. The fourth-order valence-electron chi connectivity index (χ4n) is 0.374. The molecule has 1 heterocycles. The third-order valence-corrected chi connectivity index (χ3v) is 1.22. The van der Waals surface area contributed by atoms with E-state index >= 15 is 0 Å². The monoisotopic (exact) mass is 188 g/mol. The van der Waals surface area contributed by atoms with Gasteiger partial charge < -0.3 is 0 Å². The lowest BCUT2D eigenvalue weighted by atomic mass is 10.5. The average molecular weight is 189 g/mol. The molecule has 0 radical (unpaired) electrons. The molecule has 0 aliphatic rings. The van der Waals surface area contributed by atoms with Gasteiger partial charge in [-0.05, 0) is 6.92 Å². The van der Waals surface area contributed by atoms with Crippen molar-refractivity contribution < 1.29 is 0 Å². The molecule has 12 heavy (non-hydrogen) atoms. The van der Waals surface area contributed by atoms with Gasteiger partial charge in [0, 0.05) is 6.20 Å². The van der Waals surface area contributed by atoms with Crippen LogP contribution in [-0.2, 0) is 0 Å². The van der Waals surface area contributed by atoms with E-state index in [0.29, 0.717) is 5.02 Å². The summed E-state index contributed by atoms with van der Waals surface area (Å²) in [6, 6.07) is 0. The molecule has 70 valence electrons. The average Bonchev–Trinajstić information content (AvgIpc) is 2.17. The summed E-state index contributed by atoms with van der Waals surface area (Å²) >= 11 is 5.58. The van der Waals surface area contributed by atoms with Crippen molar-refractivity contribution in [2.24, 2.45) is 0 Å². The first-order valence-electron chi connectivity index (χ1n) is 4.23. The first-order valence-corrected chi connectivity index (χ1v) is 4.60. The van der Waals surface area contributed by atoms with E-state index in [4.69, 9.17) is 11.6 Å². The lowest BCUT2D eigenvalue weighted by Gasteiger charge is -1.89. The van der Waals surface area contributed by atoms with Gasteiger partial charge in [-0.25, -0.2) is 9.97 Å². The van der Waals surface area contributed by atoms with Crippen LogP contribution in [0.3, 0.4) is 0 Å². The summed E-state index contributed by atoms with van der Waals surface area (Å²) in [5.41, 5.74) is 0.821. The summed E-state index contributed by atoms with van der Waals surface area (Å²) in [6.07, 6.45) is 3.05. The number of nitrogens with zero attached hydrogens (tertiary/aromatic N) is 2. The second-order valence-electron chi connectivity index (χ2n) is 1.46. The van der Waals surface area contributed by atoms with Crippen molar-refractivity contribution in [3.63, 3.8) is 0 Å². The Morgan fingerprint density at radius 2 is 1.67 bits per heavy atom. The number of hydrogen-bond acceptors (Lipinski definition) is 2. The summed E-state index contributed by atoms with van der Waals surface area (Å²) in [6.45, 7) is 9.84. The number of hydrogen-bond donors (Lipinski definition) is 0. The van der Waals surface area contributed by atoms with Gasteiger partial charge in [0.25, 0.3) is 0 Å². The van der Waals surface area contributed by atoms with Gasteiger partial charge in [0.2, 0.25) is 0 Å². The molecule has 0 aliphatic heterocycles. The highest BCUT2D eigenvalue weighted by Gasteiger charge is 1.89. The van der Waals surface area contributed by atoms with E-state index in [0.717, 1.165) is 5.69 Å². The van der Waals surface area contributed by atoms with E-state index in [1.807, 2.05) is 34.6 Å². The van der Waals surface area contributed by atoms with Crippen molar-refractivity contribution in [2.75, 3.05) is 0 Å². The van der Waals surface area contributed by atoms with Crippen molar-refractivity contribution in [1.82, 2.24) is 9.97 Å². The molecule has 0 unspecified atom stereocenters. The van der Waals surface area contributed by atoms with Gasteiger partial charge in [-0.3, -0.25) is 0 Å². The van der Waals surface area contributed by atoms with Crippen LogP contribution in [0, 0.1) is 6.92 Å². The predicted molar refractivity (Wildman–Crippen MR) is 54.5 cm³/mol. The molecule has 1 aromatic heterocycles. The van der Waals surface area contributed by atoms with Gasteiger partial charge in [-0.15, -0.1) is 0 Å². The van der Waals surface area contributed by atoms with Crippen LogP contribution < -0.4 is 0 Å². The van der Waals surface area contributed by atoms with Crippen molar-refractivity contribution in [2.45, 2.75) is 34.6 Å². The molecule has 0 atom stereocenters. The highest BCUT2D eigenvalue weighted by molar-refractivity contribution is 6.31. The van der Waals surface area contributed by atoms with Gasteiger partial charge in [-0.1, -0.05) is 39.3 Å². The fourth-order valence-corrected chi connectivity index (χ4v) is 0.479. The van der Waals surface area contributed by atoms with Crippen LogP contribution in [0.25, 0.3) is 0 Å². The quantitative estimate of drug-likeness (QED) is 0.623. The van der Waals surface area contributed by atoms with E-state index in [2.05, 4.69) is 9.97 Å². The molecule has 0 saturated carbocycles. The lowest BCUT2D eigenvalue weighted by Crippen LogP contribution is -1.81. The molecule has 0 amide bonds. The van der Waals surface area contributed by atoms with Crippen LogP contribution in [0.2, 0.25) is 5.02 Å². The maximum absolute atomic E-state index is 5.58. The van der Waals surface area contributed by atoms with E-state index in [1.54, 1.807) is 6.20 Å². The standard InChI is InChI=1S/C5H5ClN2.2C2H6/c1-4-5(6)2-7-3-8-4;2*1-2/h2-3H,1H3;2*1-2H3. The fraction of sp³-hybridized carbons (Fsp3) is 0.556. The van der Waals surface area contributed by atoms with Crippen LogP contribution in [0.15, 0.2) is 12.5 Å². The summed E-state index contributed by atoms with van der Waals surface area (Å²) in [5, 5.41) is 0.618. The van der Waals surface area contributed by atoms with Gasteiger partial charge in [-0.2, -0.15) is 0 Å². The van der Waals surface area contributed by atoms with Crippen molar-refractivity contribution in [3.8, 4) is 0 Å². The summed E-state index contributed by atoms with van der Waals surface area (Å²) in [7, 11) is 0. The van der Waals surface area contributed by atoms with Crippen molar-refractivity contribution in [1.29, 1.82) is 0 Å². The summed E-state index contributed by atoms with van der Waals surface area (Å²) < 4.78 is 0. The van der Waals surface area contributed by atoms with E-state index < -0.39 is 0 Å². The van der Waals surface area contributed by atoms with Crippen LogP contribution >= 0.6 is 11.6 Å². The summed E-state index contributed by atoms with van der Waals surface area (Å²) in [5.74, 6) is 0. The number of halogens is 1. The largest absolute Gasteiger partial charge is 0.243 e. The topological polar surface area (TPSA) is 25.8 Å². The highest BCUT2D eigenvalue weighted by atomic mass is 35.5. The molecule has 1 rings (SSSR count). The second kappa shape index (κ2) is 10.4. The van der Waals surface area contributed by atoms with Gasteiger partial charge >= 0.3 is 0 Å². The molecular weight excluding hydrogens is 172 g/mol. The van der Waals surface area contributed by atoms with Crippen LogP contribution in [0.4, 0.5) is 0 Å². The third-order valence-electron chi connectivity index (χ3n) is 0.852. The van der Waals surface area contributed by atoms with Gasteiger partial charge in [0.05, 0.1) is 10.7 Å². The molecule has 0 spiro atoms. The molecule has 0 saturated heterocycles. The minimum absolute atomic E-state index is 0.618. The maximum Gasteiger partial charge on any atom is 0.115 e. The van der Waals surface area contributed by atoms with Crippen molar-refractivity contribution >= 4 is 11.6 Å². The normalized spacial score (nSPS) is 7.17. The zero-order chi connectivity index (χ0) is 9.98. The molecule has 1 aromatic rings. The molecule has 0 aliphatic carbocycles. The zero-order valence-corrected chi connectivity index (χ0v) is 9.18. The van der Waals surface area contributed by atoms with Crippen LogP contribution in [-0.4, -0.2) is 9.97 Å². The van der Waals surface area contributed by atoms with E-state index in [1.165, 1.54) is 6.33 Å². The second-order valence-corrected chi connectivity index (χ2v) is 1.86. The minimum atomic E-state index is 0.618. The Bertz CT molecular complexity index is 169. The first-order chi connectivity index (χ1) is 5.80. The van der Waals surface area contributed by atoms with Crippen molar-refractivity contribution in [3.05, 3.63) is 23.2 Å². The Kier molecular flexibility index (Phi) is 12.0. The molecule has 3 heteroatoms. The summed E-state index contributed by atoms with van der Waals surface area (Å²) in [4.78, 5) is 7.54. The maximum atomic E-state index is 5.58. The van der Waals surface area contributed by atoms with E-state index in [-0.39, 0.29) is 0 Å². The van der Waals surface area contributed by atoms with E-state index in [9.17, 15) is 0 Å². The lowest BCUT2D eigenvalue weighted by molar-refractivity contribution is 1.10. The first kappa shape index (κ1) is 13.9. The Hall–Kier alpha value is -0.630. The van der Waals surface area contributed by atoms with Gasteiger partial charge in [0.1, 0.15) is 6.33 Å². The number of rotatable bonds is 0. The van der Waals surface area contributed by atoms with Crippen LogP contribution in [0.5, 0.6) is 0 Å². The smallest absolute Gasteiger partial charge is 0.115 e. The molecular formula is C9H17ClN2. The zero-order valence-electron chi connectivity index (χ0n) is 8.43. The number of aryl methyl sites for hydroxylation is 1. The third kappa shape index (κ3) is 6.10. The highest BCUT2D eigenvalue weighted by Crippen LogP contribution is 2.07. The predicted octanol–water partition coefficient (Wildman–Crippen LogP) is 3.49. The number of aromatic nitrogens is 2. The van der Waals surface area contributed by atoms with Gasteiger partial charge in [0.15, 0.2) is 0 Å². The Morgan fingerprint density at radius 3 is 1.92 bits per heavy atom. The minimum Gasteiger partial charge on any atom is -0.243 e. The Balaban J connectivity index is 0. The molecule has 0 bridgehead atoms. The SMILES string of the molecule is CC.CC.Cc1ncncc1Cl. The Labute approximate surface area is 80.0 Å². The van der Waals surface area contributed by atoms with Crippen LogP contribution in [0.1, 0.15) is 33.4 Å². The Morgan fingerprint density at radius 1 is 1.17 bits per heavy atom. The molecule has 0 aromatic carbocycles. The molecule has 2 nitrogen and oxygen atoms in total. The molecule has 0 fully saturated rings.